The second-order valence-electron chi connectivity index (χ2n) is 7.01. The lowest BCUT2D eigenvalue weighted by molar-refractivity contribution is 0.102. The van der Waals surface area contributed by atoms with Crippen LogP contribution in [0.5, 0.6) is 0 Å². The maximum Gasteiger partial charge on any atom is 0.261 e. The van der Waals surface area contributed by atoms with Gasteiger partial charge in [-0.3, -0.25) is 9.52 Å². The van der Waals surface area contributed by atoms with Gasteiger partial charge in [-0.2, -0.15) is 0 Å². The average molecular weight is 443 g/mol. The van der Waals surface area contributed by atoms with Crippen LogP contribution in [0.2, 0.25) is 5.02 Å². The number of aryl methyl sites for hydroxylation is 3. The van der Waals surface area contributed by atoms with Crippen molar-refractivity contribution in [3.05, 3.63) is 87.9 Å². The molecule has 0 aliphatic rings. The molecule has 0 atom stereocenters. The lowest BCUT2D eigenvalue weighted by atomic mass is 10.0. The summed E-state index contributed by atoms with van der Waals surface area (Å²) in [7, 11) is -3.76. The van der Waals surface area contributed by atoms with E-state index in [4.69, 9.17) is 11.6 Å². The van der Waals surface area contributed by atoms with E-state index in [0.717, 1.165) is 23.2 Å². The summed E-state index contributed by atoms with van der Waals surface area (Å²) in [5.41, 5.74) is 4.37. The first-order valence-electron chi connectivity index (χ1n) is 9.50. The minimum atomic E-state index is -3.76. The van der Waals surface area contributed by atoms with E-state index < -0.39 is 10.0 Å². The molecule has 30 heavy (non-hydrogen) atoms. The molecule has 156 valence electrons. The Morgan fingerprint density at radius 2 is 1.67 bits per heavy atom. The SMILES string of the molecule is CCc1cccc(C)c1NC(=O)c1ccc(NS(=O)(=O)c2ccc(Cl)cc2)c(C)c1. The Balaban J connectivity index is 1.82. The highest BCUT2D eigenvalue weighted by Crippen LogP contribution is 2.25. The predicted molar refractivity (Wildman–Crippen MR) is 122 cm³/mol. The minimum Gasteiger partial charge on any atom is -0.321 e. The first-order valence-corrected chi connectivity index (χ1v) is 11.4. The van der Waals surface area contributed by atoms with Crippen molar-refractivity contribution in [1.29, 1.82) is 0 Å². The molecule has 0 aromatic heterocycles. The zero-order valence-corrected chi connectivity index (χ0v) is 18.6. The Labute approximate surface area is 182 Å². The zero-order chi connectivity index (χ0) is 21.9. The fraction of sp³-hybridized carbons (Fsp3) is 0.174. The molecule has 0 saturated heterocycles. The molecule has 3 rings (SSSR count). The van der Waals surface area contributed by atoms with Gasteiger partial charge in [-0.1, -0.05) is 36.7 Å². The monoisotopic (exact) mass is 442 g/mol. The lowest BCUT2D eigenvalue weighted by Crippen LogP contribution is -2.16. The van der Waals surface area contributed by atoms with E-state index in [1.165, 1.54) is 24.3 Å². The standard InChI is InChI=1S/C23H23ClN2O3S/c1-4-17-7-5-6-15(2)22(17)25-23(27)18-8-13-21(16(3)14-18)26-30(28,29)20-11-9-19(24)10-12-20/h5-14,26H,4H2,1-3H3,(H,25,27). The molecule has 7 heteroatoms. The Hall–Kier alpha value is -2.83. The molecule has 3 aromatic carbocycles. The molecule has 0 fully saturated rings. The van der Waals surface area contributed by atoms with Crippen molar-refractivity contribution < 1.29 is 13.2 Å². The molecule has 0 spiro atoms. The molecule has 5 nitrogen and oxygen atoms in total. The van der Waals surface area contributed by atoms with Crippen molar-refractivity contribution in [2.24, 2.45) is 0 Å². The molecular formula is C23H23ClN2O3S. The summed E-state index contributed by atoms with van der Waals surface area (Å²) < 4.78 is 27.8. The number of nitrogens with one attached hydrogen (secondary N) is 2. The number of sulfonamides is 1. The summed E-state index contributed by atoms with van der Waals surface area (Å²) in [6.07, 6.45) is 0.807. The van der Waals surface area contributed by atoms with Crippen LogP contribution in [0.3, 0.4) is 0 Å². The van der Waals surface area contributed by atoms with Gasteiger partial charge in [-0.15, -0.1) is 0 Å². The minimum absolute atomic E-state index is 0.111. The summed E-state index contributed by atoms with van der Waals surface area (Å²) in [5.74, 6) is -0.241. The van der Waals surface area contributed by atoms with Crippen molar-refractivity contribution in [1.82, 2.24) is 0 Å². The third kappa shape index (κ3) is 4.83. The summed E-state index contributed by atoms with van der Waals surface area (Å²) in [6.45, 7) is 5.74. The van der Waals surface area contributed by atoms with Gasteiger partial charge >= 0.3 is 0 Å². The summed E-state index contributed by atoms with van der Waals surface area (Å²) in [6, 6.07) is 16.7. The maximum atomic E-state index is 12.8. The van der Waals surface area contributed by atoms with E-state index in [2.05, 4.69) is 10.0 Å². The number of para-hydroxylation sites is 1. The number of rotatable bonds is 6. The van der Waals surface area contributed by atoms with Gasteiger partial charge in [0.1, 0.15) is 0 Å². The van der Waals surface area contributed by atoms with Crippen molar-refractivity contribution >= 4 is 38.9 Å². The first-order chi connectivity index (χ1) is 14.2. The number of carbonyl (C=O) groups excluding carboxylic acids is 1. The summed E-state index contributed by atoms with van der Waals surface area (Å²) in [4.78, 5) is 12.9. The van der Waals surface area contributed by atoms with Gasteiger partial charge in [0.05, 0.1) is 10.6 Å². The van der Waals surface area contributed by atoms with Crippen molar-refractivity contribution in [2.75, 3.05) is 10.0 Å². The normalized spacial score (nSPS) is 11.2. The number of benzene rings is 3. The van der Waals surface area contributed by atoms with Crippen molar-refractivity contribution in [2.45, 2.75) is 32.1 Å². The first kappa shape index (κ1) is 21.9. The molecular weight excluding hydrogens is 420 g/mol. The highest BCUT2D eigenvalue weighted by atomic mass is 35.5. The van der Waals surface area contributed by atoms with Gasteiger partial charge in [-0.05, 0) is 79.4 Å². The van der Waals surface area contributed by atoms with Crippen LogP contribution in [0.4, 0.5) is 11.4 Å². The van der Waals surface area contributed by atoms with Crippen molar-refractivity contribution in [3.63, 3.8) is 0 Å². The molecule has 0 aliphatic heterocycles. The molecule has 0 unspecified atom stereocenters. The number of hydrogen-bond acceptors (Lipinski definition) is 3. The van der Waals surface area contributed by atoms with Gasteiger partial charge in [0.15, 0.2) is 0 Å². The topological polar surface area (TPSA) is 75.3 Å². The van der Waals surface area contributed by atoms with E-state index in [1.807, 2.05) is 32.0 Å². The third-order valence-electron chi connectivity index (χ3n) is 4.84. The summed E-state index contributed by atoms with van der Waals surface area (Å²) in [5, 5.41) is 3.44. The smallest absolute Gasteiger partial charge is 0.261 e. The van der Waals surface area contributed by atoms with Gasteiger partial charge in [0.2, 0.25) is 0 Å². The number of anilines is 2. The van der Waals surface area contributed by atoms with Gasteiger partial charge < -0.3 is 5.32 Å². The number of amides is 1. The number of carbonyl (C=O) groups is 1. The third-order valence-corrected chi connectivity index (χ3v) is 6.47. The van der Waals surface area contributed by atoms with E-state index in [-0.39, 0.29) is 10.8 Å². The van der Waals surface area contributed by atoms with Gasteiger partial charge in [0.25, 0.3) is 15.9 Å². The van der Waals surface area contributed by atoms with Gasteiger partial charge in [-0.25, -0.2) is 8.42 Å². The molecule has 0 heterocycles. The Bertz CT molecular complexity index is 1190. The zero-order valence-electron chi connectivity index (χ0n) is 17.0. The summed E-state index contributed by atoms with van der Waals surface area (Å²) >= 11 is 5.83. The highest BCUT2D eigenvalue weighted by molar-refractivity contribution is 7.92. The highest BCUT2D eigenvalue weighted by Gasteiger charge is 2.17. The van der Waals surface area contributed by atoms with Crippen LogP contribution in [0, 0.1) is 13.8 Å². The number of halogens is 1. The fourth-order valence-corrected chi connectivity index (χ4v) is 4.38. The van der Waals surface area contributed by atoms with Crippen LogP contribution < -0.4 is 10.0 Å². The van der Waals surface area contributed by atoms with Crippen molar-refractivity contribution in [3.8, 4) is 0 Å². The van der Waals surface area contributed by atoms with E-state index in [9.17, 15) is 13.2 Å². The van der Waals surface area contributed by atoms with Crippen LogP contribution in [0.15, 0.2) is 65.6 Å². The molecule has 0 aliphatic carbocycles. The predicted octanol–water partition coefficient (Wildman–Crippen LogP) is 5.57. The maximum absolute atomic E-state index is 12.8. The van der Waals surface area contributed by atoms with Crippen LogP contribution >= 0.6 is 11.6 Å². The molecule has 0 bridgehead atoms. The Morgan fingerprint density at radius 3 is 2.30 bits per heavy atom. The quantitative estimate of drug-likeness (QED) is 0.523. The van der Waals surface area contributed by atoms with Crippen LogP contribution in [0.1, 0.15) is 34.0 Å². The van der Waals surface area contributed by atoms with E-state index in [1.54, 1.807) is 25.1 Å². The van der Waals surface area contributed by atoms with E-state index >= 15 is 0 Å². The average Bonchev–Trinajstić information content (AvgIpc) is 2.71. The molecule has 3 aromatic rings. The Kier molecular flexibility index (Phi) is 6.48. The molecule has 0 radical (unpaired) electrons. The van der Waals surface area contributed by atoms with Crippen LogP contribution in [-0.4, -0.2) is 14.3 Å². The number of hydrogen-bond donors (Lipinski definition) is 2. The lowest BCUT2D eigenvalue weighted by Gasteiger charge is -2.15. The van der Waals surface area contributed by atoms with Crippen LogP contribution in [-0.2, 0) is 16.4 Å². The van der Waals surface area contributed by atoms with Gasteiger partial charge in [0, 0.05) is 16.3 Å². The van der Waals surface area contributed by atoms with E-state index in [0.29, 0.717) is 21.8 Å². The molecule has 2 N–H and O–H groups in total. The Morgan fingerprint density at radius 1 is 0.967 bits per heavy atom. The molecule has 0 saturated carbocycles. The largest absolute Gasteiger partial charge is 0.321 e. The second-order valence-corrected chi connectivity index (χ2v) is 9.12. The fourth-order valence-electron chi connectivity index (χ4n) is 3.12. The molecule has 1 amide bonds. The van der Waals surface area contributed by atoms with Crippen LogP contribution in [0.25, 0.3) is 0 Å². The second kappa shape index (κ2) is 8.90.